The van der Waals surface area contributed by atoms with E-state index >= 15 is 0 Å². The average Bonchev–Trinajstić information content (AvgIpc) is 3.10. The summed E-state index contributed by atoms with van der Waals surface area (Å²) in [4.78, 5) is 25.8. The van der Waals surface area contributed by atoms with Crippen LogP contribution in [0.3, 0.4) is 0 Å². The fraction of sp³-hybridized carbons (Fsp3) is 0.783. The predicted octanol–water partition coefficient (Wildman–Crippen LogP) is 2.72. The molecule has 2 aliphatic rings. The van der Waals surface area contributed by atoms with E-state index in [2.05, 4.69) is 26.8 Å². The van der Waals surface area contributed by atoms with Crippen LogP contribution >= 0.6 is 0 Å². The number of ether oxygens (including phenoxy) is 1. The van der Waals surface area contributed by atoms with Crippen LogP contribution in [0, 0.1) is 5.92 Å². The SMILES string of the molecule is CCCc1nn(C)c2c(=O)[nH]c(N(CCCN3CCOCC3)CC3CCCCC3)nc12. The van der Waals surface area contributed by atoms with Gasteiger partial charge in [-0.2, -0.15) is 5.10 Å². The van der Waals surface area contributed by atoms with Crippen molar-refractivity contribution in [3.8, 4) is 0 Å². The molecule has 0 amide bonds. The van der Waals surface area contributed by atoms with Gasteiger partial charge in [0.05, 0.1) is 18.9 Å². The molecular formula is C23H38N6O2. The van der Waals surface area contributed by atoms with Crippen LogP contribution in [0.1, 0.15) is 57.6 Å². The topological polar surface area (TPSA) is 79.3 Å². The third-order valence-corrected chi connectivity index (χ3v) is 6.75. The molecule has 8 heteroatoms. The highest BCUT2D eigenvalue weighted by atomic mass is 16.5. The molecular weight excluding hydrogens is 392 g/mol. The van der Waals surface area contributed by atoms with Crippen LogP contribution < -0.4 is 10.5 Å². The first-order valence-electron chi connectivity index (χ1n) is 12.2. The van der Waals surface area contributed by atoms with Gasteiger partial charge in [0.1, 0.15) is 5.52 Å². The minimum absolute atomic E-state index is 0.0841. The summed E-state index contributed by atoms with van der Waals surface area (Å²) in [6.45, 7) is 8.77. The maximum absolute atomic E-state index is 13.0. The molecule has 1 N–H and O–H groups in total. The van der Waals surface area contributed by atoms with E-state index in [4.69, 9.17) is 9.72 Å². The van der Waals surface area contributed by atoms with Gasteiger partial charge in [0.15, 0.2) is 5.52 Å². The van der Waals surface area contributed by atoms with E-state index in [1.165, 1.54) is 32.1 Å². The van der Waals surface area contributed by atoms with Crippen molar-refractivity contribution in [1.29, 1.82) is 0 Å². The van der Waals surface area contributed by atoms with E-state index in [0.29, 0.717) is 11.4 Å². The van der Waals surface area contributed by atoms with Crippen molar-refractivity contribution >= 4 is 17.0 Å². The first-order valence-corrected chi connectivity index (χ1v) is 12.2. The van der Waals surface area contributed by atoms with Crippen molar-refractivity contribution in [2.45, 2.75) is 58.3 Å². The van der Waals surface area contributed by atoms with Crippen molar-refractivity contribution in [3.05, 3.63) is 16.0 Å². The van der Waals surface area contributed by atoms with Crippen molar-refractivity contribution in [2.75, 3.05) is 50.8 Å². The van der Waals surface area contributed by atoms with Crippen LogP contribution in [-0.4, -0.2) is 70.6 Å². The standard InChI is InChI=1S/C23H38N6O2/c1-3-8-19-20-21(27(2)26-19)22(30)25-23(24-20)29(17-18-9-5-4-6-10-18)12-7-11-28-13-15-31-16-14-28/h18H,3-17H2,1-2H3,(H,24,25,30). The molecule has 0 aromatic carbocycles. The number of aromatic amines is 1. The fourth-order valence-corrected chi connectivity index (χ4v) is 5.06. The number of H-pyrrole nitrogens is 1. The Morgan fingerprint density at radius 1 is 1.19 bits per heavy atom. The van der Waals surface area contributed by atoms with E-state index in [1.54, 1.807) is 4.68 Å². The lowest BCUT2D eigenvalue weighted by atomic mass is 9.89. The van der Waals surface area contributed by atoms with Crippen molar-refractivity contribution < 1.29 is 4.74 Å². The molecule has 0 spiro atoms. The van der Waals surface area contributed by atoms with Gasteiger partial charge >= 0.3 is 0 Å². The molecule has 3 heterocycles. The lowest BCUT2D eigenvalue weighted by molar-refractivity contribution is 0.0376. The lowest BCUT2D eigenvalue weighted by Gasteiger charge is -2.31. The summed E-state index contributed by atoms with van der Waals surface area (Å²) in [7, 11) is 1.83. The Kier molecular flexibility index (Phi) is 7.61. The smallest absolute Gasteiger partial charge is 0.278 e. The number of rotatable bonds is 9. The molecule has 0 radical (unpaired) electrons. The molecule has 4 rings (SSSR count). The van der Waals surface area contributed by atoms with Crippen molar-refractivity contribution in [2.24, 2.45) is 13.0 Å². The van der Waals surface area contributed by atoms with Crippen molar-refractivity contribution in [3.63, 3.8) is 0 Å². The molecule has 1 saturated heterocycles. The zero-order valence-corrected chi connectivity index (χ0v) is 19.2. The number of nitrogens with zero attached hydrogens (tertiary/aromatic N) is 5. The monoisotopic (exact) mass is 430 g/mol. The Labute approximate surface area is 185 Å². The van der Waals surface area contributed by atoms with Gasteiger partial charge in [-0.3, -0.25) is 19.4 Å². The Morgan fingerprint density at radius 2 is 1.97 bits per heavy atom. The maximum atomic E-state index is 13.0. The second-order valence-electron chi connectivity index (χ2n) is 9.16. The van der Waals surface area contributed by atoms with E-state index in [-0.39, 0.29) is 5.56 Å². The summed E-state index contributed by atoms with van der Waals surface area (Å²) < 4.78 is 7.15. The van der Waals surface area contributed by atoms with Gasteiger partial charge in [-0.25, -0.2) is 4.98 Å². The molecule has 0 atom stereocenters. The average molecular weight is 431 g/mol. The Balaban J connectivity index is 1.55. The molecule has 1 aliphatic heterocycles. The number of aromatic nitrogens is 4. The zero-order valence-electron chi connectivity index (χ0n) is 19.2. The number of hydrogen-bond acceptors (Lipinski definition) is 6. The van der Waals surface area contributed by atoms with Crippen LogP contribution in [0.15, 0.2) is 4.79 Å². The molecule has 1 saturated carbocycles. The third kappa shape index (κ3) is 5.47. The van der Waals surface area contributed by atoms with Gasteiger partial charge in [0.25, 0.3) is 5.56 Å². The largest absolute Gasteiger partial charge is 0.379 e. The summed E-state index contributed by atoms with van der Waals surface area (Å²) >= 11 is 0. The van der Waals surface area contributed by atoms with Gasteiger partial charge in [-0.05, 0) is 31.6 Å². The first kappa shape index (κ1) is 22.3. The number of anilines is 1. The van der Waals surface area contributed by atoms with Crippen LogP contribution in [0.4, 0.5) is 5.95 Å². The molecule has 8 nitrogen and oxygen atoms in total. The quantitative estimate of drug-likeness (QED) is 0.659. The predicted molar refractivity (Wildman–Crippen MR) is 124 cm³/mol. The van der Waals surface area contributed by atoms with Gasteiger partial charge in [0.2, 0.25) is 5.95 Å². The highest BCUT2D eigenvalue weighted by Crippen LogP contribution is 2.26. The Bertz CT molecular complexity index is 895. The van der Waals surface area contributed by atoms with Crippen molar-refractivity contribution in [1.82, 2.24) is 24.6 Å². The molecule has 1 aliphatic carbocycles. The van der Waals surface area contributed by atoms with Gasteiger partial charge < -0.3 is 9.64 Å². The number of aryl methyl sites for hydroxylation is 2. The number of morpholine rings is 1. The number of hydrogen-bond donors (Lipinski definition) is 1. The minimum Gasteiger partial charge on any atom is -0.379 e. The van der Waals surface area contributed by atoms with E-state index in [9.17, 15) is 4.79 Å². The summed E-state index contributed by atoms with van der Waals surface area (Å²) in [5.41, 5.74) is 2.19. The Morgan fingerprint density at radius 3 is 2.71 bits per heavy atom. The Hall–Kier alpha value is -1.93. The van der Waals surface area contributed by atoms with Crippen LogP contribution in [0.25, 0.3) is 11.0 Å². The summed E-state index contributed by atoms with van der Waals surface area (Å²) in [5, 5.41) is 4.58. The molecule has 31 heavy (non-hydrogen) atoms. The number of nitrogens with one attached hydrogen (secondary N) is 1. The van der Waals surface area contributed by atoms with Gasteiger partial charge in [0, 0.05) is 39.8 Å². The van der Waals surface area contributed by atoms with E-state index < -0.39 is 0 Å². The van der Waals surface area contributed by atoms with Gasteiger partial charge in [-0.1, -0.05) is 32.6 Å². The molecule has 0 bridgehead atoms. The molecule has 2 aromatic rings. The number of fused-ring (bicyclic) bond motifs is 1. The highest BCUT2D eigenvalue weighted by Gasteiger charge is 2.22. The maximum Gasteiger partial charge on any atom is 0.278 e. The van der Waals surface area contributed by atoms with E-state index in [1.807, 2.05) is 7.05 Å². The molecule has 0 unspecified atom stereocenters. The minimum atomic E-state index is -0.0841. The molecule has 172 valence electrons. The van der Waals surface area contributed by atoms with Gasteiger partial charge in [-0.15, -0.1) is 0 Å². The second-order valence-corrected chi connectivity index (χ2v) is 9.16. The summed E-state index contributed by atoms with van der Waals surface area (Å²) in [6, 6.07) is 0. The third-order valence-electron chi connectivity index (χ3n) is 6.75. The fourth-order valence-electron chi connectivity index (χ4n) is 5.06. The van der Waals surface area contributed by atoms with E-state index in [0.717, 1.165) is 82.4 Å². The lowest BCUT2D eigenvalue weighted by Crippen LogP contribution is -2.39. The zero-order chi connectivity index (χ0) is 21.6. The normalized spacial score (nSPS) is 18.6. The highest BCUT2D eigenvalue weighted by molar-refractivity contribution is 5.77. The first-order chi connectivity index (χ1) is 15.2. The second kappa shape index (κ2) is 10.6. The summed E-state index contributed by atoms with van der Waals surface area (Å²) in [6.07, 6.45) is 9.43. The van der Waals surface area contributed by atoms with Crippen LogP contribution in [0.2, 0.25) is 0 Å². The molecule has 2 fully saturated rings. The van der Waals surface area contributed by atoms with Crippen LogP contribution in [0.5, 0.6) is 0 Å². The summed E-state index contributed by atoms with van der Waals surface area (Å²) in [5.74, 6) is 1.40. The van der Waals surface area contributed by atoms with Crippen LogP contribution in [-0.2, 0) is 18.2 Å². The molecule has 2 aromatic heterocycles.